The van der Waals surface area contributed by atoms with Gasteiger partial charge in [-0.1, -0.05) is 17.7 Å². The quantitative estimate of drug-likeness (QED) is 0.717. The maximum Gasteiger partial charge on any atom is 0.272 e. The Balaban J connectivity index is 1.44. The van der Waals surface area contributed by atoms with E-state index in [1.54, 1.807) is 17.5 Å². The zero-order chi connectivity index (χ0) is 16.5. The third-order valence-corrected chi connectivity index (χ3v) is 5.40. The van der Waals surface area contributed by atoms with Crippen molar-refractivity contribution in [3.63, 3.8) is 0 Å². The second-order valence-electron chi connectivity index (χ2n) is 6.14. The summed E-state index contributed by atoms with van der Waals surface area (Å²) < 4.78 is 1.12. The van der Waals surface area contributed by atoms with Gasteiger partial charge in [0.1, 0.15) is 5.69 Å². The predicted octanol–water partition coefficient (Wildman–Crippen LogP) is 3.57. The summed E-state index contributed by atoms with van der Waals surface area (Å²) in [6, 6.07) is 12.5. The second kappa shape index (κ2) is 6.24. The topological polar surface area (TPSA) is 36.4 Å². The highest BCUT2D eigenvalue weighted by atomic mass is 32.1. The number of nitrogens with zero attached hydrogens (tertiary/aromatic N) is 3. The van der Waals surface area contributed by atoms with E-state index in [9.17, 15) is 4.79 Å². The zero-order valence-corrected chi connectivity index (χ0v) is 14.4. The van der Waals surface area contributed by atoms with Crippen molar-refractivity contribution in [2.24, 2.45) is 0 Å². The minimum absolute atomic E-state index is 0.0360. The number of carbonyl (C=O) groups is 1. The Morgan fingerprint density at radius 1 is 1.08 bits per heavy atom. The molecule has 2 aromatic heterocycles. The van der Waals surface area contributed by atoms with Crippen molar-refractivity contribution in [1.82, 2.24) is 9.88 Å². The summed E-state index contributed by atoms with van der Waals surface area (Å²) in [7, 11) is 0. The van der Waals surface area contributed by atoms with E-state index < -0.39 is 0 Å². The van der Waals surface area contributed by atoms with Crippen LogP contribution in [0.5, 0.6) is 0 Å². The molecular weight excluding hydrogens is 318 g/mol. The van der Waals surface area contributed by atoms with E-state index in [1.165, 1.54) is 11.3 Å². The van der Waals surface area contributed by atoms with Gasteiger partial charge in [-0.2, -0.15) is 0 Å². The van der Waals surface area contributed by atoms with Crippen LogP contribution in [0.15, 0.2) is 48.0 Å². The highest BCUT2D eigenvalue weighted by Gasteiger charge is 2.23. The molecule has 4 rings (SSSR count). The van der Waals surface area contributed by atoms with Gasteiger partial charge in [-0.05, 0) is 36.6 Å². The van der Waals surface area contributed by atoms with E-state index in [4.69, 9.17) is 0 Å². The van der Waals surface area contributed by atoms with E-state index >= 15 is 0 Å². The fourth-order valence-electron chi connectivity index (χ4n) is 3.06. The largest absolute Gasteiger partial charge is 0.368 e. The summed E-state index contributed by atoms with van der Waals surface area (Å²) in [6.07, 6.45) is 1.79. The van der Waals surface area contributed by atoms with Crippen LogP contribution < -0.4 is 4.90 Å². The summed E-state index contributed by atoms with van der Waals surface area (Å²) >= 11 is 1.65. The fourth-order valence-corrected chi connectivity index (χ4v) is 3.86. The summed E-state index contributed by atoms with van der Waals surface area (Å²) in [4.78, 5) is 21.3. The van der Waals surface area contributed by atoms with Crippen LogP contribution in [-0.2, 0) is 0 Å². The van der Waals surface area contributed by atoms with Crippen molar-refractivity contribution in [1.29, 1.82) is 0 Å². The van der Waals surface area contributed by atoms with Crippen molar-refractivity contribution in [3.05, 3.63) is 59.2 Å². The maximum atomic E-state index is 12.7. The Hall–Kier alpha value is -2.40. The van der Waals surface area contributed by atoms with Gasteiger partial charge in [-0.3, -0.25) is 9.78 Å². The van der Waals surface area contributed by atoms with E-state index in [0.717, 1.165) is 36.3 Å². The number of benzene rings is 1. The lowest BCUT2D eigenvalue weighted by Crippen LogP contribution is -2.49. The third-order valence-electron chi connectivity index (χ3n) is 4.52. The first-order valence-electron chi connectivity index (χ1n) is 8.15. The summed E-state index contributed by atoms with van der Waals surface area (Å²) in [5, 5.41) is 3.13. The van der Waals surface area contributed by atoms with Crippen LogP contribution in [0.4, 0.5) is 5.69 Å². The lowest BCUT2D eigenvalue weighted by Gasteiger charge is -2.36. The highest BCUT2D eigenvalue weighted by molar-refractivity contribution is 7.17. The van der Waals surface area contributed by atoms with Crippen molar-refractivity contribution < 1.29 is 4.79 Å². The number of anilines is 1. The molecular formula is C19H19N3OS. The van der Waals surface area contributed by atoms with Gasteiger partial charge in [0.2, 0.25) is 0 Å². The average Bonchev–Trinajstić information content (AvgIpc) is 3.09. The Kier molecular flexibility index (Phi) is 3.94. The number of pyridine rings is 1. The number of aromatic nitrogens is 1. The Morgan fingerprint density at radius 3 is 2.58 bits per heavy atom. The first-order valence-corrected chi connectivity index (χ1v) is 9.03. The fraction of sp³-hybridized carbons (Fsp3) is 0.263. The van der Waals surface area contributed by atoms with Gasteiger partial charge in [-0.15, -0.1) is 11.3 Å². The van der Waals surface area contributed by atoms with Gasteiger partial charge in [0.15, 0.2) is 0 Å². The van der Waals surface area contributed by atoms with Crippen LogP contribution in [0, 0.1) is 6.92 Å². The van der Waals surface area contributed by atoms with E-state index in [-0.39, 0.29) is 5.91 Å². The summed E-state index contributed by atoms with van der Waals surface area (Å²) in [5.74, 6) is 0.0360. The number of piperazine rings is 1. The van der Waals surface area contributed by atoms with Crippen molar-refractivity contribution in [2.45, 2.75) is 6.92 Å². The molecule has 1 aromatic carbocycles. The van der Waals surface area contributed by atoms with Crippen LogP contribution in [-0.4, -0.2) is 42.0 Å². The van der Waals surface area contributed by atoms with Gasteiger partial charge >= 0.3 is 0 Å². The zero-order valence-electron chi connectivity index (χ0n) is 13.6. The number of fused-ring (bicyclic) bond motifs is 1. The van der Waals surface area contributed by atoms with Gasteiger partial charge in [0, 0.05) is 48.1 Å². The van der Waals surface area contributed by atoms with Crippen molar-refractivity contribution in [2.75, 3.05) is 31.1 Å². The standard InChI is InChI=1S/C19H19N3OS/c1-14-2-4-16(5-3-14)21-7-9-22(10-8-21)19(23)17-12-18-15(13-20-17)6-11-24-18/h2-6,11-13H,7-10H2,1H3. The molecule has 24 heavy (non-hydrogen) atoms. The molecule has 3 aromatic rings. The number of amides is 1. The summed E-state index contributed by atoms with van der Waals surface area (Å²) in [5.41, 5.74) is 3.04. The molecule has 0 saturated carbocycles. The molecule has 4 nitrogen and oxygen atoms in total. The van der Waals surface area contributed by atoms with Gasteiger partial charge in [-0.25, -0.2) is 0 Å². The molecule has 1 amide bonds. The second-order valence-corrected chi connectivity index (χ2v) is 7.09. The maximum absolute atomic E-state index is 12.7. The molecule has 1 saturated heterocycles. The lowest BCUT2D eigenvalue weighted by atomic mass is 10.2. The number of hydrogen-bond donors (Lipinski definition) is 0. The number of rotatable bonds is 2. The Morgan fingerprint density at radius 2 is 1.83 bits per heavy atom. The highest BCUT2D eigenvalue weighted by Crippen LogP contribution is 2.22. The number of thiophene rings is 1. The molecule has 0 bridgehead atoms. The molecule has 0 N–H and O–H groups in total. The Bertz CT molecular complexity index is 864. The van der Waals surface area contributed by atoms with Crippen molar-refractivity contribution >= 4 is 33.0 Å². The van der Waals surface area contributed by atoms with Crippen LogP contribution in [0.2, 0.25) is 0 Å². The molecule has 1 aliphatic heterocycles. The molecule has 1 aliphatic rings. The molecule has 5 heteroatoms. The first-order chi connectivity index (χ1) is 11.7. The lowest BCUT2D eigenvalue weighted by molar-refractivity contribution is 0.0741. The summed E-state index contributed by atoms with van der Waals surface area (Å²) in [6.45, 7) is 5.28. The minimum atomic E-state index is 0.0360. The van der Waals surface area contributed by atoms with E-state index in [0.29, 0.717) is 5.69 Å². The van der Waals surface area contributed by atoms with Crippen LogP contribution in [0.25, 0.3) is 10.1 Å². The first kappa shape index (κ1) is 15.1. The molecule has 1 fully saturated rings. The van der Waals surface area contributed by atoms with Gasteiger partial charge < -0.3 is 9.80 Å². The molecule has 0 atom stereocenters. The monoisotopic (exact) mass is 337 g/mol. The van der Waals surface area contributed by atoms with Crippen LogP contribution in [0.1, 0.15) is 16.1 Å². The molecule has 122 valence electrons. The van der Waals surface area contributed by atoms with Gasteiger partial charge in [0.05, 0.1) is 0 Å². The number of carbonyl (C=O) groups excluding carboxylic acids is 1. The van der Waals surface area contributed by atoms with E-state index in [1.807, 2.05) is 22.4 Å². The normalized spacial score (nSPS) is 15.0. The number of aryl methyl sites for hydroxylation is 1. The average molecular weight is 337 g/mol. The molecule has 3 heterocycles. The van der Waals surface area contributed by atoms with Crippen LogP contribution >= 0.6 is 11.3 Å². The Labute approximate surface area is 145 Å². The minimum Gasteiger partial charge on any atom is -0.368 e. The predicted molar refractivity (Wildman–Crippen MR) is 98.9 cm³/mol. The molecule has 0 radical (unpaired) electrons. The SMILES string of the molecule is Cc1ccc(N2CCN(C(=O)c3cc4sccc4cn3)CC2)cc1. The number of hydrogen-bond acceptors (Lipinski definition) is 4. The van der Waals surface area contributed by atoms with E-state index in [2.05, 4.69) is 41.1 Å². The molecule has 0 aliphatic carbocycles. The molecule has 0 spiro atoms. The van der Waals surface area contributed by atoms with Crippen LogP contribution in [0.3, 0.4) is 0 Å². The van der Waals surface area contributed by atoms with Gasteiger partial charge in [0.25, 0.3) is 5.91 Å². The van der Waals surface area contributed by atoms with Crippen molar-refractivity contribution in [3.8, 4) is 0 Å². The smallest absolute Gasteiger partial charge is 0.272 e. The molecule has 0 unspecified atom stereocenters. The third kappa shape index (κ3) is 2.87.